The van der Waals surface area contributed by atoms with Crippen LogP contribution in [-0.2, 0) is 5.75 Å². The summed E-state index contributed by atoms with van der Waals surface area (Å²) in [5.74, 6) is 0.257. The average molecular weight is 295 g/mol. The summed E-state index contributed by atoms with van der Waals surface area (Å²) in [7, 11) is 0. The first kappa shape index (κ1) is 13.6. The molecule has 1 heterocycles. The molecular weight excluding hydrogens is 287 g/mol. The summed E-state index contributed by atoms with van der Waals surface area (Å²) in [5.41, 5.74) is 6.61. The minimum atomic E-state index is -0.377. The number of halogens is 2. The van der Waals surface area contributed by atoms with Crippen LogP contribution in [0.3, 0.4) is 0 Å². The van der Waals surface area contributed by atoms with Gasteiger partial charge in [-0.3, -0.25) is 0 Å². The standard InChI is InChI=1S/C12H8ClFN4S/c13-10-3-9(14)2-1-7(10)6-19-12-17-5-8(4-15)11(16)18-12/h1-3,5H,6H2,(H2,16,17,18). The highest BCUT2D eigenvalue weighted by Crippen LogP contribution is 2.25. The van der Waals surface area contributed by atoms with Crippen LogP contribution < -0.4 is 5.73 Å². The van der Waals surface area contributed by atoms with E-state index in [1.165, 1.54) is 30.1 Å². The predicted octanol–water partition coefficient (Wildman–Crippen LogP) is 3.02. The first-order chi connectivity index (χ1) is 9.10. The van der Waals surface area contributed by atoms with Gasteiger partial charge in [0, 0.05) is 10.8 Å². The zero-order valence-corrected chi connectivity index (χ0v) is 11.2. The van der Waals surface area contributed by atoms with Crippen molar-refractivity contribution in [3.05, 3.63) is 46.4 Å². The van der Waals surface area contributed by atoms with Gasteiger partial charge < -0.3 is 5.73 Å². The normalized spacial score (nSPS) is 10.2. The van der Waals surface area contributed by atoms with Crippen molar-refractivity contribution in [2.75, 3.05) is 5.73 Å². The zero-order chi connectivity index (χ0) is 13.8. The number of anilines is 1. The van der Waals surface area contributed by atoms with Crippen LogP contribution >= 0.6 is 23.4 Å². The van der Waals surface area contributed by atoms with E-state index in [1.807, 2.05) is 6.07 Å². The number of benzene rings is 1. The minimum Gasteiger partial charge on any atom is -0.382 e. The maximum absolute atomic E-state index is 12.9. The number of hydrogen-bond donors (Lipinski definition) is 1. The first-order valence-electron chi connectivity index (χ1n) is 5.19. The Morgan fingerprint density at radius 2 is 2.26 bits per heavy atom. The van der Waals surface area contributed by atoms with Crippen LogP contribution in [0.25, 0.3) is 0 Å². The summed E-state index contributed by atoms with van der Waals surface area (Å²) in [6, 6.07) is 6.10. The molecule has 1 aromatic heterocycles. The van der Waals surface area contributed by atoms with E-state index in [-0.39, 0.29) is 17.2 Å². The topological polar surface area (TPSA) is 75.6 Å². The van der Waals surface area contributed by atoms with Gasteiger partial charge in [0.05, 0.1) is 6.20 Å². The highest BCUT2D eigenvalue weighted by molar-refractivity contribution is 7.98. The van der Waals surface area contributed by atoms with E-state index in [2.05, 4.69) is 9.97 Å². The van der Waals surface area contributed by atoms with Crippen molar-refractivity contribution >= 4 is 29.2 Å². The lowest BCUT2D eigenvalue weighted by Crippen LogP contribution is -1.98. The Labute approximate surface area is 118 Å². The summed E-state index contributed by atoms with van der Waals surface area (Å²) in [6.45, 7) is 0. The van der Waals surface area contributed by atoms with E-state index >= 15 is 0 Å². The fourth-order valence-corrected chi connectivity index (χ4v) is 2.45. The summed E-state index contributed by atoms with van der Waals surface area (Å²) >= 11 is 7.22. The summed E-state index contributed by atoms with van der Waals surface area (Å²) in [6.07, 6.45) is 1.37. The molecule has 96 valence electrons. The van der Waals surface area contributed by atoms with Gasteiger partial charge in [-0.1, -0.05) is 29.4 Å². The van der Waals surface area contributed by atoms with Crippen molar-refractivity contribution in [3.8, 4) is 6.07 Å². The van der Waals surface area contributed by atoms with Crippen LogP contribution in [0.2, 0.25) is 5.02 Å². The van der Waals surface area contributed by atoms with E-state index in [1.54, 1.807) is 6.07 Å². The molecule has 0 spiro atoms. The van der Waals surface area contributed by atoms with Crippen LogP contribution in [-0.4, -0.2) is 9.97 Å². The van der Waals surface area contributed by atoms with E-state index in [9.17, 15) is 4.39 Å². The van der Waals surface area contributed by atoms with Crippen molar-refractivity contribution in [2.24, 2.45) is 0 Å². The largest absolute Gasteiger partial charge is 0.382 e. The number of nitriles is 1. The second-order valence-corrected chi connectivity index (χ2v) is 4.94. The van der Waals surface area contributed by atoms with E-state index in [0.717, 1.165) is 5.56 Å². The highest BCUT2D eigenvalue weighted by Gasteiger charge is 2.07. The van der Waals surface area contributed by atoms with Gasteiger partial charge in [-0.15, -0.1) is 0 Å². The molecule has 7 heteroatoms. The predicted molar refractivity (Wildman–Crippen MR) is 72.1 cm³/mol. The van der Waals surface area contributed by atoms with Crippen LogP contribution in [0.4, 0.5) is 10.2 Å². The van der Waals surface area contributed by atoms with Crippen LogP contribution in [0.15, 0.2) is 29.6 Å². The van der Waals surface area contributed by atoms with Gasteiger partial charge in [0.2, 0.25) is 0 Å². The monoisotopic (exact) mass is 294 g/mol. The number of thioether (sulfide) groups is 1. The third-order valence-corrected chi connectivity index (χ3v) is 3.55. The molecule has 0 saturated heterocycles. The second-order valence-electron chi connectivity index (χ2n) is 3.59. The SMILES string of the molecule is N#Cc1cnc(SCc2ccc(F)cc2Cl)nc1N. The second kappa shape index (κ2) is 5.87. The van der Waals surface area contributed by atoms with Gasteiger partial charge in [0.25, 0.3) is 0 Å². The molecule has 0 radical (unpaired) electrons. The Morgan fingerprint density at radius 3 is 2.89 bits per heavy atom. The Bertz CT molecular complexity index is 657. The average Bonchev–Trinajstić information content (AvgIpc) is 2.38. The summed E-state index contributed by atoms with van der Waals surface area (Å²) in [5, 5.41) is 9.51. The van der Waals surface area contributed by atoms with Crippen molar-refractivity contribution in [1.29, 1.82) is 5.26 Å². The molecule has 0 atom stereocenters. The quantitative estimate of drug-likeness (QED) is 0.695. The third-order valence-electron chi connectivity index (χ3n) is 2.29. The fraction of sp³-hybridized carbons (Fsp3) is 0.0833. The number of nitrogens with zero attached hydrogens (tertiary/aromatic N) is 3. The number of nitrogens with two attached hydrogens (primary N) is 1. The van der Waals surface area contributed by atoms with Gasteiger partial charge in [-0.25, -0.2) is 14.4 Å². The lowest BCUT2D eigenvalue weighted by molar-refractivity contribution is 0.627. The lowest BCUT2D eigenvalue weighted by Gasteiger charge is -2.04. The van der Waals surface area contributed by atoms with Gasteiger partial charge in [-0.2, -0.15) is 5.26 Å². The molecule has 0 bridgehead atoms. The minimum absolute atomic E-state index is 0.144. The van der Waals surface area contributed by atoms with Crippen LogP contribution in [0, 0.1) is 17.1 Å². The van der Waals surface area contributed by atoms with E-state index in [0.29, 0.717) is 15.9 Å². The Kier molecular flexibility index (Phi) is 4.20. The lowest BCUT2D eigenvalue weighted by atomic mass is 10.2. The molecule has 0 aliphatic carbocycles. The summed E-state index contributed by atoms with van der Waals surface area (Å²) < 4.78 is 12.9. The first-order valence-corrected chi connectivity index (χ1v) is 6.56. The van der Waals surface area contributed by atoms with Crippen molar-refractivity contribution < 1.29 is 4.39 Å². The molecule has 0 amide bonds. The molecule has 19 heavy (non-hydrogen) atoms. The number of nitrogen functional groups attached to an aromatic ring is 1. The molecule has 2 N–H and O–H groups in total. The highest BCUT2D eigenvalue weighted by atomic mass is 35.5. The van der Waals surface area contributed by atoms with Gasteiger partial charge in [-0.05, 0) is 17.7 Å². The Morgan fingerprint density at radius 1 is 1.47 bits per heavy atom. The molecule has 2 rings (SSSR count). The molecule has 1 aromatic carbocycles. The molecule has 0 unspecified atom stereocenters. The summed E-state index contributed by atoms with van der Waals surface area (Å²) in [4.78, 5) is 8.00. The molecule has 0 aliphatic heterocycles. The molecule has 4 nitrogen and oxygen atoms in total. The van der Waals surface area contributed by atoms with Crippen LogP contribution in [0.5, 0.6) is 0 Å². The number of aromatic nitrogens is 2. The van der Waals surface area contributed by atoms with Gasteiger partial charge in [0.15, 0.2) is 5.16 Å². The third kappa shape index (κ3) is 3.34. The number of rotatable bonds is 3. The van der Waals surface area contributed by atoms with Gasteiger partial charge in [0.1, 0.15) is 23.3 Å². The number of hydrogen-bond acceptors (Lipinski definition) is 5. The van der Waals surface area contributed by atoms with E-state index < -0.39 is 0 Å². The van der Waals surface area contributed by atoms with Gasteiger partial charge >= 0.3 is 0 Å². The molecule has 0 fully saturated rings. The molecular formula is C12H8ClFN4S. The van der Waals surface area contributed by atoms with Crippen molar-refractivity contribution in [3.63, 3.8) is 0 Å². The maximum atomic E-state index is 12.9. The van der Waals surface area contributed by atoms with E-state index in [4.69, 9.17) is 22.6 Å². The Balaban J connectivity index is 2.10. The Hall–Kier alpha value is -1.84. The zero-order valence-electron chi connectivity index (χ0n) is 9.60. The van der Waals surface area contributed by atoms with Crippen molar-refractivity contribution in [2.45, 2.75) is 10.9 Å². The molecule has 0 saturated carbocycles. The smallest absolute Gasteiger partial charge is 0.189 e. The van der Waals surface area contributed by atoms with Crippen LogP contribution in [0.1, 0.15) is 11.1 Å². The maximum Gasteiger partial charge on any atom is 0.189 e. The molecule has 0 aliphatic rings. The van der Waals surface area contributed by atoms with Crippen molar-refractivity contribution in [1.82, 2.24) is 9.97 Å². The fourth-order valence-electron chi connectivity index (χ4n) is 1.31. The molecule has 2 aromatic rings.